The Balaban J connectivity index is 2.46. The quantitative estimate of drug-likeness (QED) is 0.444. The van der Waals surface area contributed by atoms with Crippen LogP contribution in [0.3, 0.4) is 0 Å². The molecule has 0 saturated heterocycles. The van der Waals surface area contributed by atoms with Crippen molar-refractivity contribution in [1.29, 1.82) is 0 Å². The van der Waals surface area contributed by atoms with Crippen molar-refractivity contribution in [3.63, 3.8) is 0 Å². The van der Waals surface area contributed by atoms with Gasteiger partial charge in [-0.2, -0.15) is 4.39 Å². The van der Waals surface area contributed by atoms with Gasteiger partial charge in [-0.3, -0.25) is 14.9 Å². The molecule has 0 aromatic heterocycles. The monoisotopic (exact) mass is 282 g/mol. The fourth-order valence-corrected chi connectivity index (χ4v) is 1.84. The lowest BCUT2D eigenvalue weighted by molar-refractivity contribution is -0.387. The summed E-state index contributed by atoms with van der Waals surface area (Å²) in [6, 6.07) is 3.33. The Hall–Kier alpha value is -1.98. The standard InChI is InChI=1S/C14H19FN2O3/c1-2-3-4-5-6-7-14(18)16-11-8-9-12(15)13(10-11)17(19)20/h8-10H,2-7H2,1H3,(H,16,18). The van der Waals surface area contributed by atoms with E-state index in [2.05, 4.69) is 12.2 Å². The average Bonchev–Trinajstić information content (AvgIpc) is 2.40. The molecule has 0 spiro atoms. The number of anilines is 1. The Morgan fingerprint density at radius 3 is 2.65 bits per heavy atom. The molecule has 20 heavy (non-hydrogen) atoms. The van der Waals surface area contributed by atoms with Crippen LogP contribution in [0.2, 0.25) is 0 Å². The summed E-state index contributed by atoms with van der Waals surface area (Å²) in [7, 11) is 0. The predicted molar refractivity (Wildman–Crippen MR) is 75.1 cm³/mol. The van der Waals surface area contributed by atoms with E-state index in [9.17, 15) is 19.3 Å². The van der Waals surface area contributed by atoms with Crippen molar-refractivity contribution in [2.24, 2.45) is 0 Å². The number of amides is 1. The summed E-state index contributed by atoms with van der Waals surface area (Å²) in [5.41, 5.74) is -0.387. The average molecular weight is 282 g/mol. The van der Waals surface area contributed by atoms with Crippen LogP contribution in [0.5, 0.6) is 0 Å². The smallest absolute Gasteiger partial charge is 0.306 e. The first kappa shape index (κ1) is 16.1. The van der Waals surface area contributed by atoms with Gasteiger partial charge in [-0.25, -0.2) is 0 Å². The highest BCUT2D eigenvalue weighted by molar-refractivity contribution is 5.90. The van der Waals surface area contributed by atoms with E-state index in [0.29, 0.717) is 6.42 Å². The van der Waals surface area contributed by atoms with Crippen LogP contribution in [0.25, 0.3) is 0 Å². The van der Waals surface area contributed by atoms with Gasteiger partial charge in [0.15, 0.2) is 0 Å². The maximum Gasteiger partial charge on any atom is 0.306 e. The maximum absolute atomic E-state index is 13.1. The fraction of sp³-hybridized carbons (Fsp3) is 0.500. The van der Waals surface area contributed by atoms with Crippen molar-refractivity contribution < 1.29 is 14.1 Å². The SMILES string of the molecule is CCCCCCCC(=O)Nc1ccc(F)c([N+](=O)[O-])c1. The number of hydrogen-bond donors (Lipinski definition) is 1. The van der Waals surface area contributed by atoms with E-state index in [4.69, 9.17) is 0 Å². The van der Waals surface area contributed by atoms with E-state index in [0.717, 1.165) is 44.2 Å². The minimum atomic E-state index is -0.910. The highest BCUT2D eigenvalue weighted by Crippen LogP contribution is 2.21. The molecule has 0 heterocycles. The van der Waals surface area contributed by atoms with E-state index in [-0.39, 0.29) is 11.6 Å². The lowest BCUT2D eigenvalue weighted by Gasteiger charge is -2.05. The van der Waals surface area contributed by atoms with Gasteiger partial charge in [0.1, 0.15) is 0 Å². The Bertz CT molecular complexity index is 477. The summed E-state index contributed by atoms with van der Waals surface area (Å²) in [6.07, 6.45) is 5.55. The molecule has 0 unspecified atom stereocenters. The van der Waals surface area contributed by atoms with Crippen LogP contribution < -0.4 is 5.32 Å². The van der Waals surface area contributed by atoms with Crippen LogP contribution in [0.4, 0.5) is 15.8 Å². The van der Waals surface area contributed by atoms with Crippen LogP contribution in [-0.4, -0.2) is 10.8 Å². The molecule has 0 atom stereocenters. The summed E-state index contributed by atoms with van der Waals surface area (Å²) >= 11 is 0. The summed E-state index contributed by atoms with van der Waals surface area (Å²) in [4.78, 5) is 21.4. The molecule has 1 rings (SSSR count). The summed E-state index contributed by atoms with van der Waals surface area (Å²) in [6.45, 7) is 2.12. The molecule has 1 aromatic rings. The van der Waals surface area contributed by atoms with Gasteiger partial charge in [0.2, 0.25) is 11.7 Å². The van der Waals surface area contributed by atoms with E-state index in [1.54, 1.807) is 0 Å². The maximum atomic E-state index is 13.1. The molecule has 0 aliphatic rings. The van der Waals surface area contributed by atoms with E-state index < -0.39 is 16.4 Å². The van der Waals surface area contributed by atoms with Crippen LogP contribution >= 0.6 is 0 Å². The van der Waals surface area contributed by atoms with Gasteiger partial charge in [-0.15, -0.1) is 0 Å². The molecule has 110 valence electrons. The van der Waals surface area contributed by atoms with Gasteiger partial charge in [0.05, 0.1) is 4.92 Å². The first-order chi connectivity index (χ1) is 9.54. The molecule has 0 aliphatic heterocycles. The van der Waals surface area contributed by atoms with Gasteiger partial charge >= 0.3 is 5.69 Å². The molecular weight excluding hydrogens is 263 g/mol. The Morgan fingerprint density at radius 2 is 2.00 bits per heavy atom. The number of rotatable bonds is 8. The summed E-state index contributed by atoms with van der Waals surface area (Å²) in [5.74, 6) is -1.12. The zero-order chi connectivity index (χ0) is 15.0. The zero-order valence-corrected chi connectivity index (χ0v) is 11.5. The number of halogens is 1. The van der Waals surface area contributed by atoms with Crippen molar-refractivity contribution in [3.05, 3.63) is 34.1 Å². The van der Waals surface area contributed by atoms with Gasteiger partial charge in [-0.05, 0) is 18.6 Å². The second-order valence-corrected chi connectivity index (χ2v) is 4.64. The second-order valence-electron chi connectivity index (χ2n) is 4.64. The fourth-order valence-electron chi connectivity index (χ4n) is 1.84. The van der Waals surface area contributed by atoms with Crippen molar-refractivity contribution >= 4 is 17.3 Å². The number of nitrogens with one attached hydrogen (secondary N) is 1. The minimum Gasteiger partial charge on any atom is -0.326 e. The molecule has 1 N–H and O–H groups in total. The van der Waals surface area contributed by atoms with E-state index in [1.807, 2.05) is 0 Å². The molecule has 0 aliphatic carbocycles. The lowest BCUT2D eigenvalue weighted by Crippen LogP contribution is -2.11. The zero-order valence-electron chi connectivity index (χ0n) is 11.5. The molecule has 6 heteroatoms. The highest BCUT2D eigenvalue weighted by atomic mass is 19.1. The van der Waals surface area contributed by atoms with Gasteiger partial charge in [-0.1, -0.05) is 32.6 Å². The van der Waals surface area contributed by atoms with Crippen LogP contribution in [0, 0.1) is 15.9 Å². The number of benzene rings is 1. The summed E-state index contributed by atoms with van der Waals surface area (Å²) in [5, 5.41) is 13.1. The first-order valence-electron chi connectivity index (χ1n) is 6.78. The Labute approximate surface area is 117 Å². The minimum absolute atomic E-state index is 0.206. The third kappa shape index (κ3) is 5.34. The van der Waals surface area contributed by atoms with Gasteiger partial charge < -0.3 is 5.32 Å². The Kier molecular flexibility index (Phi) is 6.63. The molecule has 0 fully saturated rings. The lowest BCUT2D eigenvalue weighted by atomic mass is 10.1. The van der Waals surface area contributed by atoms with Gasteiger partial charge in [0, 0.05) is 18.2 Å². The predicted octanol–water partition coefficient (Wildman–Crippen LogP) is 4.03. The number of carbonyl (C=O) groups is 1. The second kappa shape index (κ2) is 8.24. The van der Waals surface area contributed by atoms with Crippen molar-refractivity contribution in [2.75, 3.05) is 5.32 Å². The van der Waals surface area contributed by atoms with Gasteiger partial charge in [0.25, 0.3) is 0 Å². The highest BCUT2D eigenvalue weighted by Gasteiger charge is 2.15. The van der Waals surface area contributed by atoms with Crippen molar-refractivity contribution in [1.82, 2.24) is 0 Å². The van der Waals surface area contributed by atoms with Crippen LogP contribution in [-0.2, 0) is 4.79 Å². The number of nitro groups is 1. The molecule has 5 nitrogen and oxygen atoms in total. The van der Waals surface area contributed by atoms with Crippen LogP contribution in [0.1, 0.15) is 45.4 Å². The Morgan fingerprint density at radius 1 is 1.30 bits per heavy atom. The largest absolute Gasteiger partial charge is 0.326 e. The first-order valence-corrected chi connectivity index (χ1v) is 6.78. The number of nitrogens with zero attached hydrogens (tertiary/aromatic N) is 1. The number of carbonyl (C=O) groups excluding carboxylic acids is 1. The topological polar surface area (TPSA) is 72.2 Å². The summed E-state index contributed by atoms with van der Waals surface area (Å²) < 4.78 is 13.1. The van der Waals surface area contributed by atoms with E-state index >= 15 is 0 Å². The molecule has 1 amide bonds. The molecule has 1 aromatic carbocycles. The molecule has 0 radical (unpaired) electrons. The molecule has 0 bridgehead atoms. The number of hydrogen-bond acceptors (Lipinski definition) is 3. The van der Waals surface area contributed by atoms with E-state index in [1.165, 1.54) is 6.07 Å². The number of nitro benzene ring substituents is 1. The number of unbranched alkanes of at least 4 members (excludes halogenated alkanes) is 4. The third-order valence-electron chi connectivity index (χ3n) is 2.93. The molecular formula is C14H19FN2O3. The van der Waals surface area contributed by atoms with Crippen molar-refractivity contribution in [3.8, 4) is 0 Å². The van der Waals surface area contributed by atoms with Crippen LogP contribution in [0.15, 0.2) is 18.2 Å². The third-order valence-corrected chi connectivity index (χ3v) is 2.93. The van der Waals surface area contributed by atoms with Crippen molar-refractivity contribution in [2.45, 2.75) is 45.4 Å². The normalized spacial score (nSPS) is 10.3. The molecule has 0 saturated carbocycles.